The number of nitrogens with two attached hydrogens (primary N) is 1. The van der Waals surface area contributed by atoms with Gasteiger partial charge in [0.05, 0.1) is 6.61 Å². The highest BCUT2D eigenvalue weighted by atomic mass is 16.5. The van der Waals surface area contributed by atoms with Crippen molar-refractivity contribution in [3.8, 4) is 5.75 Å². The maximum Gasteiger partial charge on any atom is 0.325 e. The average Bonchev–Trinajstić information content (AvgIpc) is 2.20. The van der Waals surface area contributed by atoms with Gasteiger partial charge in [0.15, 0.2) is 0 Å². The second-order valence-corrected chi connectivity index (χ2v) is 3.14. The molecule has 82 valence electrons. The molecule has 1 rings (SSSR count). The molecule has 1 atom stereocenters. The number of phenols is 1. The summed E-state index contributed by atoms with van der Waals surface area (Å²) in [5.41, 5.74) is 6.39. The minimum absolute atomic E-state index is 0.0678. The highest BCUT2D eigenvalue weighted by Gasteiger charge is 2.15. The van der Waals surface area contributed by atoms with Crippen LogP contribution < -0.4 is 5.73 Å². The van der Waals surface area contributed by atoms with Gasteiger partial charge in [-0.25, -0.2) is 0 Å². The van der Waals surface area contributed by atoms with Gasteiger partial charge >= 0.3 is 5.97 Å². The maximum absolute atomic E-state index is 10.6. The molecule has 0 fully saturated rings. The molecule has 4 N–H and O–H groups in total. The first-order chi connectivity index (χ1) is 7.06. The summed E-state index contributed by atoms with van der Waals surface area (Å²) in [6.07, 6.45) is 0. The zero-order valence-electron chi connectivity index (χ0n) is 8.30. The van der Waals surface area contributed by atoms with Crippen LogP contribution in [0.25, 0.3) is 0 Å². The van der Waals surface area contributed by atoms with Crippen molar-refractivity contribution >= 4 is 5.97 Å². The molecule has 0 aliphatic rings. The van der Waals surface area contributed by atoms with E-state index in [1.807, 2.05) is 0 Å². The Bertz CT molecular complexity index is 364. The number of aromatic hydroxyl groups is 1. The van der Waals surface area contributed by atoms with Gasteiger partial charge in [0.1, 0.15) is 11.8 Å². The van der Waals surface area contributed by atoms with Crippen LogP contribution in [0, 0.1) is 0 Å². The van der Waals surface area contributed by atoms with Gasteiger partial charge < -0.3 is 20.7 Å². The maximum atomic E-state index is 10.6. The Morgan fingerprint density at radius 2 is 2.27 bits per heavy atom. The monoisotopic (exact) mass is 211 g/mol. The summed E-state index contributed by atoms with van der Waals surface area (Å²) in [4.78, 5) is 10.6. The smallest absolute Gasteiger partial charge is 0.325 e. The summed E-state index contributed by atoms with van der Waals surface area (Å²) < 4.78 is 4.86. The number of benzene rings is 1. The Labute approximate surface area is 87.1 Å². The van der Waals surface area contributed by atoms with Crippen LogP contribution in [-0.2, 0) is 16.1 Å². The topological polar surface area (TPSA) is 92.8 Å². The molecule has 0 bridgehead atoms. The highest BCUT2D eigenvalue weighted by Crippen LogP contribution is 2.22. The summed E-state index contributed by atoms with van der Waals surface area (Å²) in [7, 11) is 1.49. The first-order valence-corrected chi connectivity index (χ1v) is 4.35. The standard InChI is InChI=1S/C10H13NO4/c1-15-5-7-4-6(2-3-8(7)12)9(11)10(13)14/h2-4,9,12H,5,11H2,1H3,(H,13,14). The third-order valence-corrected chi connectivity index (χ3v) is 2.03. The molecular formula is C10H13NO4. The van der Waals surface area contributed by atoms with E-state index in [0.29, 0.717) is 11.1 Å². The summed E-state index contributed by atoms with van der Waals surface area (Å²) in [6, 6.07) is 3.33. The number of phenolic OH excluding ortho intramolecular Hbond substituents is 1. The van der Waals surface area contributed by atoms with Gasteiger partial charge in [0.25, 0.3) is 0 Å². The van der Waals surface area contributed by atoms with E-state index in [0.717, 1.165) is 0 Å². The van der Waals surface area contributed by atoms with Crippen molar-refractivity contribution in [2.75, 3.05) is 7.11 Å². The van der Waals surface area contributed by atoms with Crippen LogP contribution >= 0.6 is 0 Å². The molecule has 0 radical (unpaired) electrons. The van der Waals surface area contributed by atoms with Gasteiger partial charge in [-0.3, -0.25) is 4.79 Å². The number of ether oxygens (including phenoxy) is 1. The number of aliphatic carboxylic acids is 1. The van der Waals surface area contributed by atoms with Crippen LogP contribution in [0.5, 0.6) is 5.75 Å². The normalized spacial score (nSPS) is 12.4. The van der Waals surface area contributed by atoms with Crippen LogP contribution in [0.4, 0.5) is 0 Å². The lowest BCUT2D eigenvalue weighted by atomic mass is 10.0. The molecule has 0 aromatic heterocycles. The lowest BCUT2D eigenvalue weighted by Gasteiger charge is -2.10. The second-order valence-electron chi connectivity index (χ2n) is 3.14. The van der Waals surface area contributed by atoms with Crippen LogP contribution in [0.3, 0.4) is 0 Å². The zero-order valence-corrected chi connectivity index (χ0v) is 8.30. The summed E-state index contributed by atoms with van der Waals surface area (Å²) in [5, 5.41) is 18.1. The molecule has 5 nitrogen and oxygen atoms in total. The van der Waals surface area contributed by atoms with Gasteiger partial charge in [-0.2, -0.15) is 0 Å². The molecule has 0 spiro atoms. The number of hydrogen-bond acceptors (Lipinski definition) is 4. The first kappa shape index (κ1) is 11.5. The largest absolute Gasteiger partial charge is 0.508 e. The minimum Gasteiger partial charge on any atom is -0.508 e. The molecule has 1 unspecified atom stereocenters. The van der Waals surface area contributed by atoms with Crippen molar-refractivity contribution in [2.45, 2.75) is 12.6 Å². The number of hydrogen-bond donors (Lipinski definition) is 3. The van der Waals surface area contributed by atoms with Gasteiger partial charge in [0, 0.05) is 12.7 Å². The van der Waals surface area contributed by atoms with Crippen molar-refractivity contribution in [1.82, 2.24) is 0 Å². The fraction of sp³-hybridized carbons (Fsp3) is 0.300. The number of methoxy groups -OCH3 is 1. The van der Waals surface area contributed by atoms with Crippen LogP contribution in [0.2, 0.25) is 0 Å². The fourth-order valence-electron chi connectivity index (χ4n) is 1.21. The summed E-state index contributed by atoms with van der Waals surface area (Å²) in [6.45, 7) is 0.214. The van der Waals surface area contributed by atoms with E-state index in [2.05, 4.69) is 0 Å². The van der Waals surface area contributed by atoms with E-state index in [9.17, 15) is 9.90 Å². The van der Waals surface area contributed by atoms with Crippen molar-refractivity contribution in [3.05, 3.63) is 29.3 Å². The minimum atomic E-state index is -1.11. The molecule has 1 aromatic rings. The predicted octanol–water partition coefficient (Wildman–Crippen LogP) is 0.623. The Hall–Kier alpha value is -1.59. The van der Waals surface area contributed by atoms with E-state index in [1.54, 1.807) is 0 Å². The van der Waals surface area contributed by atoms with E-state index in [-0.39, 0.29) is 12.4 Å². The second kappa shape index (κ2) is 4.77. The van der Waals surface area contributed by atoms with Crippen LogP contribution in [0.15, 0.2) is 18.2 Å². The molecular weight excluding hydrogens is 198 g/mol. The number of rotatable bonds is 4. The lowest BCUT2D eigenvalue weighted by Crippen LogP contribution is -2.20. The zero-order chi connectivity index (χ0) is 11.4. The number of carboxylic acid groups (broad SMARTS) is 1. The SMILES string of the molecule is COCc1cc(C(N)C(=O)O)ccc1O. The lowest BCUT2D eigenvalue weighted by molar-refractivity contribution is -0.138. The summed E-state index contributed by atoms with van der Waals surface area (Å²) >= 11 is 0. The molecule has 0 saturated carbocycles. The molecule has 0 amide bonds. The quantitative estimate of drug-likeness (QED) is 0.679. The molecule has 0 saturated heterocycles. The highest BCUT2D eigenvalue weighted by molar-refractivity contribution is 5.75. The van der Waals surface area contributed by atoms with Crippen molar-refractivity contribution in [3.63, 3.8) is 0 Å². The molecule has 0 aliphatic heterocycles. The molecule has 0 heterocycles. The number of carbonyl (C=O) groups is 1. The van der Waals surface area contributed by atoms with Crippen LogP contribution in [-0.4, -0.2) is 23.3 Å². The molecule has 15 heavy (non-hydrogen) atoms. The van der Waals surface area contributed by atoms with Gasteiger partial charge in [-0.1, -0.05) is 6.07 Å². The van der Waals surface area contributed by atoms with Gasteiger partial charge in [-0.15, -0.1) is 0 Å². The van der Waals surface area contributed by atoms with Crippen LogP contribution in [0.1, 0.15) is 17.2 Å². The average molecular weight is 211 g/mol. The van der Waals surface area contributed by atoms with Crippen molar-refractivity contribution < 1.29 is 19.7 Å². The Kier molecular flexibility index (Phi) is 3.65. The summed E-state index contributed by atoms with van der Waals surface area (Å²) in [5.74, 6) is -1.04. The Morgan fingerprint density at radius 1 is 1.60 bits per heavy atom. The van der Waals surface area contributed by atoms with Gasteiger partial charge in [0.2, 0.25) is 0 Å². The molecule has 0 aliphatic carbocycles. The van der Waals surface area contributed by atoms with Crippen molar-refractivity contribution in [1.29, 1.82) is 0 Å². The number of carboxylic acids is 1. The van der Waals surface area contributed by atoms with Gasteiger partial charge in [-0.05, 0) is 17.7 Å². The molecule has 1 aromatic carbocycles. The van der Waals surface area contributed by atoms with E-state index >= 15 is 0 Å². The van der Waals surface area contributed by atoms with E-state index < -0.39 is 12.0 Å². The Balaban J connectivity index is 3.01. The third-order valence-electron chi connectivity index (χ3n) is 2.03. The third kappa shape index (κ3) is 2.68. The molecule has 5 heteroatoms. The van der Waals surface area contributed by atoms with Crippen molar-refractivity contribution in [2.24, 2.45) is 5.73 Å². The fourth-order valence-corrected chi connectivity index (χ4v) is 1.21. The Morgan fingerprint density at radius 3 is 2.80 bits per heavy atom. The first-order valence-electron chi connectivity index (χ1n) is 4.35. The predicted molar refractivity (Wildman–Crippen MR) is 53.4 cm³/mol. The van der Waals surface area contributed by atoms with E-state index in [4.69, 9.17) is 15.6 Å². The van der Waals surface area contributed by atoms with E-state index in [1.165, 1.54) is 25.3 Å².